The number of carbonyl (C=O) groups is 2. The number of hydrogen-bond acceptors (Lipinski definition) is 5. The van der Waals surface area contributed by atoms with E-state index in [2.05, 4.69) is 4.98 Å². The molecule has 3 heterocycles. The summed E-state index contributed by atoms with van der Waals surface area (Å²) in [6.45, 7) is 3.16. The lowest BCUT2D eigenvalue weighted by Gasteiger charge is -2.31. The van der Waals surface area contributed by atoms with Gasteiger partial charge in [0.1, 0.15) is 5.65 Å². The minimum Gasteiger partial charge on any atom is -0.466 e. The van der Waals surface area contributed by atoms with E-state index < -0.39 is 0 Å². The van der Waals surface area contributed by atoms with Crippen LogP contribution in [0, 0.1) is 10.7 Å². The number of para-hydroxylation sites is 2. The fraction of sp³-hybridized carbons (Fsp3) is 0.304. The van der Waals surface area contributed by atoms with E-state index in [4.69, 9.17) is 21.9 Å². The predicted octanol–water partition coefficient (Wildman–Crippen LogP) is 4.11. The van der Waals surface area contributed by atoms with Crippen LogP contribution in [0.25, 0.3) is 27.6 Å². The maximum Gasteiger partial charge on any atom is 0.310 e. The minimum atomic E-state index is -0.263. The quantitative estimate of drug-likeness (QED) is 0.388. The van der Waals surface area contributed by atoms with E-state index >= 15 is 0 Å². The van der Waals surface area contributed by atoms with Crippen LogP contribution >= 0.6 is 12.2 Å². The number of carbonyl (C=O) groups excluding carboxylic acids is 2. The SMILES string of the molecule is CCOC(=O)[C@@H]1CCCN(C(=O)c2ccc3c(c2)[nH]c(=S)n2c4ccccc4nc32)C1. The number of likely N-dealkylation sites (tertiary alicyclic amines) is 1. The smallest absolute Gasteiger partial charge is 0.310 e. The first-order valence-electron chi connectivity index (χ1n) is 10.5. The second kappa shape index (κ2) is 7.77. The summed E-state index contributed by atoms with van der Waals surface area (Å²) in [5.74, 6) is -0.583. The number of hydrogen-bond donors (Lipinski definition) is 1. The molecule has 4 aromatic rings. The van der Waals surface area contributed by atoms with Crippen LogP contribution in [0.1, 0.15) is 30.1 Å². The van der Waals surface area contributed by atoms with Crippen LogP contribution in [-0.4, -0.2) is 50.8 Å². The summed E-state index contributed by atoms with van der Waals surface area (Å²) in [5, 5.41) is 0.893. The van der Waals surface area contributed by atoms with Crippen molar-refractivity contribution in [2.75, 3.05) is 19.7 Å². The highest BCUT2D eigenvalue weighted by Gasteiger charge is 2.30. The molecule has 1 atom stereocenters. The molecule has 2 aromatic heterocycles. The number of piperidine rings is 1. The van der Waals surface area contributed by atoms with Gasteiger partial charge in [-0.05, 0) is 62.3 Å². The first-order chi connectivity index (χ1) is 15.1. The normalized spacial score (nSPS) is 16.8. The fourth-order valence-corrected chi connectivity index (χ4v) is 4.65. The lowest BCUT2D eigenvalue weighted by molar-refractivity contribution is -0.149. The van der Waals surface area contributed by atoms with E-state index in [-0.39, 0.29) is 17.8 Å². The Labute approximate surface area is 183 Å². The van der Waals surface area contributed by atoms with E-state index in [1.165, 1.54) is 0 Å². The molecule has 1 aliphatic rings. The van der Waals surface area contributed by atoms with E-state index in [1.54, 1.807) is 11.8 Å². The number of benzene rings is 2. The van der Waals surface area contributed by atoms with E-state index in [1.807, 2.05) is 46.9 Å². The summed E-state index contributed by atoms with van der Waals surface area (Å²) in [5.41, 5.74) is 3.90. The molecule has 1 aliphatic heterocycles. The average Bonchev–Trinajstić information content (AvgIpc) is 3.19. The highest BCUT2D eigenvalue weighted by Crippen LogP contribution is 2.26. The van der Waals surface area contributed by atoms with Gasteiger partial charge in [0.2, 0.25) is 0 Å². The fourth-order valence-electron chi connectivity index (χ4n) is 4.36. The monoisotopic (exact) mass is 434 g/mol. The third kappa shape index (κ3) is 3.37. The second-order valence-corrected chi connectivity index (χ2v) is 8.18. The third-order valence-electron chi connectivity index (χ3n) is 5.84. The molecule has 1 N–H and O–H groups in total. The van der Waals surface area contributed by atoms with Gasteiger partial charge in [0, 0.05) is 24.0 Å². The third-order valence-corrected chi connectivity index (χ3v) is 6.13. The molecule has 0 spiro atoms. The van der Waals surface area contributed by atoms with Crippen LogP contribution in [0.15, 0.2) is 42.5 Å². The maximum atomic E-state index is 13.2. The number of H-pyrrole nitrogens is 1. The van der Waals surface area contributed by atoms with E-state index in [0.29, 0.717) is 30.0 Å². The first kappa shape index (κ1) is 19.7. The lowest BCUT2D eigenvalue weighted by Crippen LogP contribution is -2.42. The maximum absolute atomic E-state index is 13.2. The molecule has 158 valence electrons. The van der Waals surface area contributed by atoms with Gasteiger partial charge in [-0.25, -0.2) is 4.98 Å². The molecule has 31 heavy (non-hydrogen) atoms. The van der Waals surface area contributed by atoms with Crippen LogP contribution in [0.3, 0.4) is 0 Å². The molecule has 7 nitrogen and oxygen atoms in total. The Balaban J connectivity index is 1.52. The summed E-state index contributed by atoms with van der Waals surface area (Å²) >= 11 is 5.59. The zero-order valence-corrected chi connectivity index (χ0v) is 17.9. The zero-order valence-electron chi connectivity index (χ0n) is 17.1. The van der Waals surface area contributed by atoms with Crippen molar-refractivity contribution in [3.8, 4) is 0 Å². The van der Waals surface area contributed by atoms with Crippen LogP contribution in [0.4, 0.5) is 0 Å². The van der Waals surface area contributed by atoms with Crippen molar-refractivity contribution in [3.05, 3.63) is 52.8 Å². The first-order valence-corrected chi connectivity index (χ1v) is 10.9. The number of aromatic amines is 1. The van der Waals surface area contributed by atoms with Gasteiger partial charge in [-0.2, -0.15) is 0 Å². The molecule has 0 saturated carbocycles. The minimum absolute atomic E-state index is 0.0939. The van der Waals surface area contributed by atoms with Gasteiger partial charge in [-0.3, -0.25) is 14.0 Å². The summed E-state index contributed by atoms with van der Waals surface area (Å²) in [6, 6.07) is 13.4. The molecule has 1 saturated heterocycles. The number of ether oxygens (including phenoxy) is 1. The molecule has 0 unspecified atom stereocenters. The number of rotatable bonds is 3. The van der Waals surface area contributed by atoms with Gasteiger partial charge in [-0.1, -0.05) is 12.1 Å². The lowest BCUT2D eigenvalue weighted by atomic mass is 9.97. The van der Waals surface area contributed by atoms with Crippen molar-refractivity contribution in [1.82, 2.24) is 19.3 Å². The summed E-state index contributed by atoms with van der Waals surface area (Å²) in [7, 11) is 0. The van der Waals surface area contributed by atoms with Gasteiger partial charge in [-0.15, -0.1) is 0 Å². The highest BCUT2D eigenvalue weighted by molar-refractivity contribution is 7.71. The molecule has 0 aliphatic carbocycles. The van der Waals surface area contributed by atoms with Crippen molar-refractivity contribution < 1.29 is 14.3 Å². The summed E-state index contributed by atoms with van der Waals surface area (Å²) < 4.78 is 7.60. The van der Waals surface area contributed by atoms with Gasteiger partial charge < -0.3 is 14.6 Å². The number of esters is 1. The Hall–Kier alpha value is -3.26. The van der Waals surface area contributed by atoms with Crippen LogP contribution < -0.4 is 0 Å². The summed E-state index contributed by atoms with van der Waals surface area (Å²) in [6.07, 6.45) is 1.53. The molecule has 0 radical (unpaired) electrons. The van der Waals surface area contributed by atoms with Gasteiger partial charge in [0.25, 0.3) is 5.91 Å². The molecule has 1 amide bonds. The standard InChI is InChI=1S/C23H22N4O3S/c1-2-30-22(29)15-6-5-11-26(13-15)21(28)14-9-10-16-18(12-14)25-23(31)27-19-8-4-3-7-17(19)24-20(16)27/h3-4,7-10,12,15H,2,5-6,11,13H2,1H3,(H,25,31)/t15-/m1/s1. The Morgan fingerprint density at radius 3 is 2.94 bits per heavy atom. The number of fused-ring (bicyclic) bond motifs is 5. The molecule has 0 bridgehead atoms. The Morgan fingerprint density at radius 1 is 1.26 bits per heavy atom. The molecule has 5 rings (SSSR count). The Bertz CT molecular complexity index is 1390. The van der Waals surface area contributed by atoms with Crippen molar-refractivity contribution in [2.45, 2.75) is 19.8 Å². The molecular formula is C23H22N4O3S. The summed E-state index contributed by atoms with van der Waals surface area (Å²) in [4.78, 5) is 35.0. The van der Waals surface area contributed by atoms with Crippen LogP contribution in [0.2, 0.25) is 0 Å². The number of imidazole rings is 1. The predicted molar refractivity (Wildman–Crippen MR) is 121 cm³/mol. The van der Waals surface area contributed by atoms with Gasteiger partial charge >= 0.3 is 5.97 Å². The van der Waals surface area contributed by atoms with Crippen molar-refractivity contribution in [3.63, 3.8) is 0 Å². The molecular weight excluding hydrogens is 412 g/mol. The zero-order chi connectivity index (χ0) is 21.5. The van der Waals surface area contributed by atoms with E-state index in [0.717, 1.165) is 40.4 Å². The van der Waals surface area contributed by atoms with Crippen LogP contribution in [0.5, 0.6) is 0 Å². The van der Waals surface area contributed by atoms with Crippen molar-refractivity contribution >= 4 is 51.7 Å². The van der Waals surface area contributed by atoms with Gasteiger partial charge in [0.15, 0.2) is 4.77 Å². The molecule has 8 heteroatoms. The van der Waals surface area contributed by atoms with E-state index in [9.17, 15) is 9.59 Å². The average molecular weight is 435 g/mol. The highest BCUT2D eigenvalue weighted by atomic mass is 32.1. The van der Waals surface area contributed by atoms with Crippen LogP contribution in [-0.2, 0) is 9.53 Å². The Kier molecular flexibility index (Phi) is 4.94. The number of amides is 1. The second-order valence-electron chi connectivity index (χ2n) is 7.79. The topological polar surface area (TPSA) is 79.7 Å². The van der Waals surface area contributed by atoms with Crippen molar-refractivity contribution in [2.24, 2.45) is 5.92 Å². The molecule has 1 fully saturated rings. The van der Waals surface area contributed by atoms with Gasteiger partial charge in [0.05, 0.1) is 29.1 Å². The number of aromatic nitrogens is 3. The number of nitrogens with one attached hydrogen (secondary N) is 1. The largest absolute Gasteiger partial charge is 0.466 e. The number of nitrogens with zero attached hydrogens (tertiary/aromatic N) is 3. The molecule has 2 aromatic carbocycles. The van der Waals surface area contributed by atoms with Crippen molar-refractivity contribution in [1.29, 1.82) is 0 Å². The Morgan fingerprint density at radius 2 is 2.10 bits per heavy atom.